The average molecular weight is 754 g/mol. The van der Waals surface area contributed by atoms with Crippen LogP contribution in [0, 0.1) is 0 Å². The van der Waals surface area contributed by atoms with E-state index in [0.29, 0.717) is 0 Å². The first-order valence-corrected chi connectivity index (χ1v) is 20.1. The Kier molecular flexibility index (Phi) is 7.54. The maximum absolute atomic E-state index is 6.49. The number of anilines is 3. The largest absolute Gasteiger partial charge is 0.456 e. The van der Waals surface area contributed by atoms with E-state index in [2.05, 4.69) is 199 Å². The lowest BCUT2D eigenvalue weighted by Crippen LogP contribution is -2.09. The molecule has 0 saturated heterocycles. The molecule has 0 N–H and O–H groups in total. The van der Waals surface area contributed by atoms with Gasteiger partial charge in [0.2, 0.25) is 0 Å². The van der Waals surface area contributed by atoms with Crippen molar-refractivity contribution in [1.82, 2.24) is 0 Å². The minimum atomic E-state index is 0.878. The molecule has 12 rings (SSSR count). The Morgan fingerprint density at radius 3 is 1.64 bits per heavy atom. The van der Waals surface area contributed by atoms with E-state index in [1.165, 1.54) is 32.7 Å². The van der Waals surface area contributed by atoms with Crippen LogP contribution in [0.4, 0.5) is 17.1 Å². The highest BCUT2D eigenvalue weighted by molar-refractivity contribution is 6.11. The third kappa shape index (κ3) is 5.59. The molecule has 59 heavy (non-hydrogen) atoms. The van der Waals surface area contributed by atoms with Crippen molar-refractivity contribution in [2.24, 2.45) is 0 Å². The number of nitrogens with zero attached hydrogens (tertiary/aromatic N) is 1. The standard InChI is InChI=1S/C56H35NO2/c1-2-9-38(10-3-1)48-14-8-15-50-51-34-41(24-31-55(51)59-56(48)50)37-21-27-44(28-22-37)57(45-29-32-54-52(35-45)49-13-6-7-16-53(49)58-54)43-25-19-36(20-26-43)40-23-30-47-42(33-40)18-17-39-11-4-5-12-46(39)47/h1-35H. The lowest BCUT2D eigenvalue weighted by molar-refractivity contribution is 0.669. The monoisotopic (exact) mass is 753 g/mol. The maximum Gasteiger partial charge on any atom is 0.143 e. The molecule has 10 aromatic carbocycles. The molecule has 0 unspecified atom stereocenters. The highest BCUT2D eigenvalue weighted by Crippen LogP contribution is 2.42. The molecule has 0 atom stereocenters. The van der Waals surface area contributed by atoms with Crippen molar-refractivity contribution >= 4 is 82.5 Å². The number of hydrogen-bond donors (Lipinski definition) is 0. The van der Waals surface area contributed by atoms with Gasteiger partial charge in [0, 0.05) is 44.2 Å². The average Bonchev–Trinajstić information content (AvgIpc) is 3.87. The van der Waals surface area contributed by atoms with E-state index in [1.54, 1.807) is 0 Å². The third-order valence-corrected chi connectivity index (χ3v) is 11.9. The Balaban J connectivity index is 0.933. The van der Waals surface area contributed by atoms with Crippen LogP contribution in [0.25, 0.3) is 98.8 Å². The summed E-state index contributed by atoms with van der Waals surface area (Å²) in [6, 6.07) is 75.8. The first-order chi connectivity index (χ1) is 29.2. The molecule has 276 valence electrons. The first-order valence-electron chi connectivity index (χ1n) is 20.1. The topological polar surface area (TPSA) is 29.5 Å². The van der Waals surface area contributed by atoms with Crippen LogP contribution in [0.3, 0.4) is 0 Å². The van der Waals surface area contributed by atoms with Gasteiger partial charge in [0.15, 0.2) is 0 Å². The molecule has 0 aliphatic rings. The predicted molar refractivity (Wildman–Crippen MR) is 247 cm³/mol. The van der Waals surface area contributed by atoms with Crippen molar-refractivity contribution in [3.05, 3.63) is 212 Å². The summed E-state index contributed by atoms with van der Waals surface area (Å²) in [5.41, 5.74) is 13.7. The molecule has 0 aliphatic heterocycles. The highest BCUT2D eigenvalue weighted by atomic mass is 16.3. The third-order valence-electron chi connectivity index (χ3n) is 11.9. The summed E-state index contributed by atoms with van der Waals surface area (Å²) in [6.07, 6.45) is 0. The fourth-order valence-electron chi connectivity index (χ4n) is 8.92. The Morgan fingerprint density at radius 1 is 0.271 bits per heavy atom. The molecule has 3 nitrogen and oxygen atoms in total. The SMILES string of the molecule is c1ccc(-c2cccc3c2oc2ccc(-c4ccc(N(c5ccc(-c6ccc7c(ccc8ccccc87)c6)cc5)c5ccc6oc7ccccc7c6c5)cc4)cc23)cc1. The minimum absolute atomic E-state index is 0.878. The van der Waals surface area contributed by atoms with Crippen LogP contribution in [-0.4, -0.2) is 0 Å². The van der Waals surface area contributed by atoms with Crippen molar-refractivity contribution < 1.29 is 8.83 Å². The van der Waals surface area contributed by atoms with E-state index in [1.807, 2.05) is 18.2 Å². The van der Waals surface area contributed by atoms with Crippen molar-refractivity contribution in [3.8, 4) is 33.4 Å². The van der Waals surface area contributed by atoms with E-state index in [0.717, 1.165) is 83.2 Å². The van der Waals surface area contributed by atoms with E-state index < -0.39 is 0 Å². The number of furan rings is 2. The van der Waals surface area contributed by atoms with Crippen molar-refractivity contribution in [2.45, 2.75) is 0 Å². The van der Waals surface area contributed by atoms with Crippen LogP contribution in [-0.2, 0) is 0 Å². The molecule has 0 saturated carbocycles. The summed E-state index contributed by atoms with van der Waals surface area (Å²) in [4.78, 5) is 2.33. The summed E-state index contributed by atoms with van der Waals surface area (Å²) >= 11 is 0. The Morgan fingerprint density at radius 2 is 0.831 bits per heavy atom. The fraction of sp³-hybridized carbons (Fsp3) is 0. The smallest absolute Gasteiger partial charge is 0.143 e. The fourth-order valence-corrected chi connectivity index (χ4v) is 8.92. The van der Waals surface area contributed by atoms with Gasteiger partial charge in [0.25, 0.3) is 0 Å². The predicted octanol–water partition coefficient (Wildman–Crippen LogP) is 16.3. The molecule has 0 fully saturated rings. The number of benzene rings is 10. The van der Waals surface area contributed by atoms with Gasteiger partial charge in [0.1, 0.15) is 22.3 Å². The highest BCUT2D eigenvalue weighted by Gasteiger charge is 2.18. The van der Waals surface area contributed by atoms with Gasteiger partial charge in [-0.2, -0.15) is 0 Å². The van der Waals surface area contributed by atoms with E-state index in [4.69, 9.17) is 8.83 Å². The quantitative estimate of drug-likeness (QED) is 0.158. The normalized spacial score (nSPS) is 11.7. The summed E-state index contributed by atoms with van der Waals surface area (Å²) in [5.74, 6) is 0. The van der Waals surface area contributed by atoms with Crippen molar-refractivity contribution in [3.63, 3.8) is 0 Å². The van der Waals surface area contributed by atoms with Gasteiger partial charge in [-0.15, -0.1) is 0 Å². The van der Waals surface area contributed by atoms with Crippen LogP contribution in [0.2, 0.25) is 0 Å². The van der Waals surface area contributed by atoms with Crippen LogP contribution >= 0.6 is 0 Å². The van der Waals surface area contributed by atoms with Gasteiger partial charge >= 0.3 is 0 Å². The minimum Gasteiger partial charge on any atom is -0.456 e. The number of hydrogen-bond acceptors (Lipinski definition) is 3. The van der Waals surface area contributed by atoms with E-state index in [-0.39, 0.29) is 0 Å². The molecule has 0 amide bonds. The second-order valence-corrected chi connectivity index (χ2v) is 15.3. The summed E-state index contributed by atoms with van der Waals surface area (Å²) in [6.45, 7) is 0. The molecule has 0 aliphatic carbocycles. The van der Waals surface area contributed by atoms with E-state index in [9.17, 15) is 0 Å². The van der Waals surface area contributed by atoms with E-state index >= 15 is 0 Å². The summed E-state index contributed by atoms with van der Waals surface area (Å²) < 4.78 is 12.7. The summed E-state index contributed by atoms with van der Waals surface area (Å²) in [7, 11) is 0. The number of para-hydroxylation sites is 2. The zero-order valence-electron chi connectivity index (χ0n) is 32.0. The summed E-state index contributed by atoms with van der Waals surface area (Å²) in [5, 5.41) is 9.49. The molecule has 2 heterocycles. The molecular weight excluding hydrogens is 719 g/mol. The molecule has 3 heteroatoms. The van der Waals surface area contributed by atoms with Gasteiger partial charge in [-0.1, -0.05) is 146 Å². The molecule has 0 spiro atoms. The lowest BCUT2D eigenvalue weighted by atomic mass is 9.97. The zero-order chi connectivity index (χ0) is 38.9. The van der Waals surface area contributed by atoms with Crippen LogP contribution in [0.1, 0.15) is 0 Å². The molecular formula is C56H35NO2. The van der Waals surface area contributed by atoms with Gasteiger partial charge < -0.3 is 13.7 Å². The Hall–Kier alpha value is -7.88. The van der Waals surface area contributed by atoms with Crippen molar-refractivity contribution in [2.75, 3.05) is 4.90 Å². The van der Waals surface area contributed by atoms with Gasteiger partial charge in [-0.05, 0) is 116 Å². The molecule has 0 bridgehead atoms. The maximum atomic E-state index is 6.49. The Labute approximate surface area is 340 Å². The number of rotatable bonds is 6. The Bertz CT molecular complexity index is 3540. The van der Waals surface area contributed by atoms with Gasteiger partial charge in [-0.3, -0.25) is 0 Å². The molecule has 2 aromatic heterocycles. The zero-order valence-corrected chi connectivity index (χ0v) is 32.0. The second kappa shape index (κ2) is 13.4. The first kappa shape index (κ1) is 33.3. The lowest BCUT2D eigenvalue weighted by Gasteiger charge is -2.26. The van der Waals surface area contributed by atoms with Crippen LogP contribution in [0.15, 0.2) is 221 Å². The van der Waals surface area contributed by atoms with Gasteiger partial charge in [0.05, 0.1) is 0 Å². The number of fused-ring (bicyclic) bond motifs is 9. The van der Waals surface area contributed by atoms with Crippen molar-refractivity contribution in [1.29, 1.82) is 0 Å². The van der Waals surface area contributed by atoms with Crippen LogP contribution in [0.5, 0.6) is 0 Å². The van der Waals surface area contributed by atoms with Gasteiger partial charge in [-0.25, -0.2) is 0 Å². The van der Waals surface area contributed by atoms with Crippen LogP contribution < -0.4 is 4.90 Å². The molecule has 12 aromatic rings. The molecule has 0 radical (unpaired) electrons. The second-order valence-electron chi connectivity index (χ2n) is 15.3.